The maximum absolute atomic E-state index is 5.62. The highest BCUT2D eigenvalue weighted by Gasteiger charge is 2.05. The summed E-state index contributed by atoms with van der Waals surface area (Å²) in [5, 5.41) is 3.07. The average Bonchev–Trinajstić information content (AvgIpc) is 2.19. The minimum Gasteiger partial charge on any atom is -0.493 e. The fourth-order valence-corrected chi connectivity index (χ4v) is 1.62. The van der Waals surface area contributed by atoms with Crippen LogP contribution < -0.4 is 5.32 Å². The molecular formula is C12H21NO. The van der Waals surface area contributed by atoms with E-state index >= 15 is 0 Å². The molecule has 0 amide bonds. The van der Waals surface area contributed by atoms with Crippen LogP contribution in [0.1, 0.15) is 32.6 Å². The number of ether oxygens (including phenoxy) is 1. The fraction of sp³-hybridized carbons (Fsp3) is 0.667. The van der Waals surface area contributed by atoms with Crippen LogP contribution in [0.25, 0.3) is 0 Å². The Labute approximate surface area is 87.0 Å². The molecule has 1 N–H and O–H groups in total. The molecule has 0 aromatic heterocycles. The molecule has 0 bridgehead atoms. The molecule has 0 radical (unpaired) electrons. The molecule has 80 valence electrons. The van der Waals surface area contributed by atoms with Crippen molar-refractivity contribution in [1.82, 2.24) is 5.32 Å². The van der Waals surface area contributed by atoms with Gasteiger partial charge in [0.1, 0.15) is 12.4 Å². The van der Waals surface area contributed by atoms with Crippen LogP contribution in [0.4, 0.5) is 0 Å². The second-order valence-corrected chi connectivity index (χ2v) is 3.65. The molecule has 0 fully saturated rings. The molecule has 0 unspecified atom stereocenters. The van der Waals surface area contributed by atoms with Crippen molar-refractivity contribution in [3.05, 3.63) is 23.5 Å². The Morgan fingerprint density at radius 1 is 1.50 bits per heavy atom. The molecule has 14 heavy (non-hydrogen) atoms. The smallest absolute Gasteiger partial charge is 0.115 e. The Bertz CT molecular complexity index is 218. The second kappa shape index (κ2) is 6.66. The maximum Gasteiger partial charge on any atom is 0.115 e. The third kappa shape index (κ3) is 3.97. The van der Waals surface area contributed by atoms with Gasteiger partial charge in [-0.15, -0.1) is 0 Å². The van der Waals surface area contributed by atoms with Gasteiger partial charge >= 0.3 is 0 Å². The quantitative estimate of drug-likeness (QED) is 0.658. The first-order valence-electron chi connectivity index (χ1n) is 5.53. The first kappa shape index (κ1) is 11.3. The molecule has 2 nitrogen and oxygen atoms in total. The van der Waals surface area contributed by atoms with Crippen LogP contribution in [0.5, 0.6) is 0 Å². The van der Waals surface area contributed by atoms with Crippen LogP contribution in [0.3, 0.4) is 0 Å². The van der Waals surface area contributed by atoms with Gasteiger partial charge in [0.15, 0.2) is 0 Å². The monoisotopic (exact) mass is 195 g/mol. The van der Waals surface area contributed by atoms with Gasteiger partial charge in [0.25, 0.3) is 0 Å². The van der Waals surface area contributed by atoms with E-state index < -0.39 is 0 Å². The lowest BCUT2D eigenvalue weighted by Gasteiger charge is -2.14. The number of rotatable bonds is 6. The molecule has 0 aromatic carbocycles. The summed E-state index contributed by atoms with van der Waals surface area (Å²) in [5.74, 6) is 1.06. The first-order valence-corrected chi connectivity index (χ1v) is 5.53. The Balaban J connectivity index is 2.33. The molecule has 1 aliphatic carbocycles. The summed E-state index contributed by atoms with van der Waals surface area (Å²) in [6.45, 7) is 3.90. The van der Waals surface area contributed by atoms with Gasteiger partial charge < -0.3 is 10.1 Å². The summed E-state index contributed by atoms with van der Waals surface area (Å²) in [5.41, 5.74) is 1.54. The summed E-state index contributed by atoms with van der Waals surface area (Å²) >= 11 is 0. The summed E-state index contributed by atoms with van der Waals surface area (Å²) in [7, 11) is 1.94. The van der Waals surface area contributed by atoms with Crippen molar-refractivity contribution in [3.63, 3.8) is 0 Å². The van der Waals surface area contributed by atoms with Gasteiger partial charge in [0.2, 0.25) is 0 Å². The van der Waals surface area contributed by atoms with Gasteiger partial charge in [-0.25, -0.2) is 0 Å². The molecule has 0 saturated heterocycles. The van der Waals surface area contributed by atoms with Gasteiger partial charge in [0.05, 0.1) is 0 Å². The van der Waals surface area contributed by atoms with E-state index in [0.29, 0.717) is 0 Å². The zero-order valence-electron chi connectivity index (χ0n) is 9.31. The number of likely N-dealkylation sites (N-methyl/N-ethyl adjacent to an activating group) is 1. The van der Waals surface area contributed by atoms with Crippen molar-refractivity contribution in [2.45, 2.75) is 32.6 Å². The number of hydrogen-bond acceptors (Lipinski definition) is 2. The lowest BCUT2D eigenvalue weighted by Crippen LogP contribution is -2.14. The van der Waals surface area contributed by atoms with E-state index in [1.807, 2.05) is 7.05 Å². The van der Waals surface area contributed by atoms with Crippen LogP contribution >= 0.6 is 0 Å². The summed E-state index contributed by atoms with van der Waals surface area (Å²) in [6, 6.07) is 0. The molecular weight excluding hydrogens is 174 g/mol. The van der Waals surface area contributed by atoms with Gasteiger partial charge in [-0.05, 0) is 38.5 Å². The minimum absolute atomic E-state index is 0.762. The van der Waals surface area contributed by atoms with Crippen molar-refractivity contribution in [2.24, 2.45) is 0 Å². The van der Waals surface area contributed by atoms with E-state index in [1.54, 1.807) is 0 Å². The highest BCUT2D eigenvalue weighted by atomic mass is 16.5. The normalized spacial score (nSPS) is 16.1. The van der Waals surface area contributed by atoms with Crippen LogP contribution in [0.2, 0.25) is 0 Å². The van der Waals surface area contributed by atoms with Crippen LogP contribution in [-0.4, -0.2) is 20.2 Å². The third-order valence-electron chi connectivity index (χ3n) is 2.35. The Morgan fingerprint density at radius 3 is 3.07 bits per heavy atom. The number of allylic oxidation sites excluding steroid dienone is 3. The van der Waals surface area contributed by atoms with Crippen molar-refractivity contribution in [3.8, 4) is 0 Å². The summed E-state index contributed by atoms with van der Waals surface area (Å²) in [6.07, 6.45) is 9.20. The Morgan fingerprint density at radius 2 is 2.36 bits per heavy atom. The van der Waals surface area contributed by atoms with Gasteiger partial charge in [-0.3, -0.25) is 0 Å². The topological polar surface area (TPSA) is 21.3 Å². The van der Waals surface area contributed by atoms with E-state index in [0.717, 1.165) is 25.3 Å². The first-order chi connectivity index (χ1) is 6.86. The van der Waals surface area contributed by atoms with E-state index in [1.165, 1.54) is 24.8 Å². The van der Waals surface area contributed by atoms with E-state index in [-0.39, 0.29) is 0 Å². The van der Waals surface area contributed by atoms with Gasteiger partial charge in [-0.1, -0.05) is 18.9 Å². The van der Waals surface area contributed by atoms with Crippen LogP contribution in [0, 0.1) is 0 Å². The highest BCUT2D eigenvalue weighted by Crippen LogP contribution is 2.21. The highest BCUT2D eigenvalue weighted by molar-refractivity contribution is 5.23. The number of nitrogens with one attached hydrogen (secondary N) is 1. The summed E-state index contributed by atoms with van der Waals surface area (Å²) in [4.78, 5) is 0. The molecule has 1 rings (SSSR count). The molecule has 0 spiro atoms. The van der Waals surface area contributed by atoms with Crippen molar-refractivity contribution < 1.29 is 4.74 Å². The molecule has 0 aromatic rings. The maximum atomic E-state index is 5.62. The van der Waals surface area contributed by atoms with E-state index in [4.69, 9.17) is 4.74 Å². The second-order valence-electron chi connectivity index (χ2n) is 3.65. The van der Waals surface area contributed by atoms with E-state index in [9.17, 15) is 0 Å². The predicted molar refractivity (Wildman–Crippen MR) is 60.2 cm³/mol. The van der Waals surface area contributed by atoms with Gasteiger partial charge in [0, 0.05) is 6.54 Å². The van der Waals surface area contributed by atoms with Crippen molar-refractivity contribution in [2.75, 3.05) is 20.2 Å². The standard InChI is InChI=1S/C12H21NO/c1-3-5-11-6-4-7-12(10-11)14-9-8-13-2/h7,10,13H,3-6,8-9H2,1-2H3. The molecule has 0 saturated carbocycles. The third-order valence-corrected chi connectivity index (χ3v) is 2.35. The zero-order chi connectivity index (χ0) is 10.2. The molecule has 1 aliphatic rings. The molecule has 0 heterocycles. The Kier molecular flexibility index (Phi) is 5.38. The molecule has 0 aliphatic heterocycles. The molecule has 2 heteroatoms. The minimum atomic E-state index is 0.762. The summed E-state index contributed by atoms with van der Waals surface area (Å²) < 4.78 is 5.62. The van der Waals surface area contributed by atoms with Crippen molar-refractivity contribution in [1.29, 1.82) is 0 Å². The predicted octanol–water partition coefficient (Wildman–Crippen LogP) is 2.63. The number of hydrogen-bond donors (Lipinski definition) is 1. The van der Waals surface area contributed by atoms with Crippen LogP contribution in [-0.2, 0) is 4.74 Å². The van der Waals surface area contributed by atoms with Gasteiger partial charge in [-0.2, -0.15) is 0 Å². The van der Waals surface area contributed by atoms with Crippen molar-refractivity contribution >= 4 is 0 Å². The van der Waals surface area contributed by atoms with Crippen LogP contribution in [0.15, 0.2) is 23.5 Å². The lowest BCUT2D eigenvalue weighted by molar-refractivity contribution is 0.224. The Hall–Kier alpha value is -0.760. The SMILES string of the molecule is CCCC1=CC(OCCNC)=CCC1. The lowest BCUT2D eigenvalue weighted by atomic mass is 10.00. The fourth-order valence-electron chi connectivity index (χ4n) is 1.62. The zero-order valence-corrected chi connectivity index (χ0v) is 9.31. The average molecular weight is 195 g/mol. The largest absolute Gasteiger partial charge is 0.493 e. The molecule has 0 atom stereocenters. The van der Waals surface area contributed by atoms with E-state index in [2.05, 4.69) is 24.4 Å².